The average molecular weight is 330 g/mol. The van der Waals surface area contributed by atoms with Gasteiger partial charge in [-0.05, 0) is 25.6 Å². The van der Waals surface area contributed by atoms with Crippen LogP contribution in [-0.2, 0) is 19.3 Å². The van der Waals surface area contributed by atoms with Crippen LogP contribution in [0.25, 0.3) is 0 Å². The molecule has 3 nitrogen and oxygen atoms in total. The number of aromatic nitrogens is 1. The third-order valence-corrected chi connectivity index (χ3v) is 4.27. The highest BCUT2D eigenvalue weighted by Gasteiger charge is 2.30. The van der Waals surface area contributed by atoms with Crippen LogP contribution in [0.1, 0.15) is 16.8 Å². The fraction of sp³-hybridized carbons (Fsp3) is 0.400. The molecule has 0 radical (unpaired) electrons. The molecule has 1 heterocycles. The Bertz CT molecular complexity index is 691. The first kappa shape index (κ1) is 16.8. The minimum absolute atomic E-state index is 0.00929. The number of hydrogen-bond acceptors (Lipinski definition) is 3. The molecule has 7 heteroatoms. The van der Waals surface area contributed by atoms with Gasteiger partial charge in [0.15, 0.2) is 0 Å². The topological polar surface area (TPSA) is 25.2 Å². The van der Waals surface area contributed by atoms with E-state index in [9.17, 15) is 18.0 Å². The fourth-order valence-electron chi connectivity index (χ4n) is 2.18. The zero-order chi connectivity index (χ0) is 16.3. The Morgan fingerprint density at radius 2 is 2.05 bits per heavy atom. The quantitative estimate of drug-likeness (QED) is 0.840. The molecule has 0 saturated carbocycles. The molecule has 0 aliphatic heterocycles. The molecule has 0 saturated heterocycles. The second-order valence-electron chi connectivity index (χ2n) is 5.23. The summed E-state index contributed by atoms with van der Waals surface area (Å²) in [5.74, 6) is 0. The van der Waals surface area contributed by atoms with Gasteiger partial charge < -0.3 is 9.47 Å². The van der Waals surface area contributed by atoms with E-state index in [0.717, 1.165) is 23.1 Å². The first-order valence-electron chi connectivity index (χ1n) is 6.77. The van der Waals surface area contributed by atoms with E-state index in [1.54, 1.807) is 16.0 Å². The molecule has 0 atom stereocenters. The standard InChI is InChI=1S/C15H17F3N2OS/c1-11-10-22-14(21)20(11)7-6-19(2)9-12-4-3-5-13(8-12)15(16,17)18/h3-5,8,10H,6-7,9H2,1-2H3. The van der Waals surface area contributed by atoms with Crippen molar-refractivity contribution >= 4 is 11.3 Å². The Kier molecular flexibility index (Phi) is 5.08. The molecule has 120 valence electrons. The number of alkyl halides is 3. The lowest BCUT2D eigenvalue weighted by Crippen LogP contribution is -2.26. The number of aryl methyl sites for hydroxylation is 1. The Morgan fingerprint density at radius 3 is 2.64 bits per heavy atom. The highest BCUT2D eigenvalue weighted by Crippen LogP contribution is 2.29. The van der Waals surface area contributed by atoms with Crippen LogP contribution >= 0.6 is 11.3 Å². The van der Waals surface area contributed by atoms with E-state index in [1.165, 1.54) is 12.1 Å². The zero-order valence-corrected chi connectivity index (χ0v) is 13.2. The van der Waals surface area contributed by atoms with Gasteiger partial charge in [-0.3, -0.25) is 4.79 Å². The summed E-state index contributed by atoms with van der Waals surface area (Å²) in [4.78, 5) is 13.5. The van der Waals surface area contributed by atoms with Crippen LogP contribution in [0.4, 0.5) is 13.2 Å². The molecule has 2 rings (SSSR count). The van der Waals surface area contributed by atoms with Crippen LogP contribution in [0.5, 0.6) is 0 Å². The van der Waals surface area contributed by atoms with E-state index in [4.69, 9.17) is 0 Å². The van der Waals surface area contributed by atoms with Gasteiger partial charge in [0.2, 0.25) is 0 Å². The summed E-state index contributed by atoms with van der Waals surface area (Å²) < 4.78 is 39.7. The van der Waals surface area contributed by atoms with E-state index in [1.807, 2.05) is 18.9 Å². The summed E-state index contributed by atoms with van der Waals surface area (Å²) in [5.41, 5.74) is 0.873. The summed E-state index contributed by atoms with van der Waals surface area (Å²) in [5, 5.41) is 1.80. The second-order valence-corrected chi connectivity index (χ2v) is 6.05. The molecule has 0 N–H and O–H groups in total. The number of nitrogens with zero attached hydrogens (tertiary/aromatic N) is 2. The maximum absolute atomic E-state index is 12.7. The van der Waals surface area contributed by atoms with Crippen molar-refractivity contribution < 1.29 is 13.2 Å². The number of hydrogen-bond donors (Lipinski definition) is 0. The molecule has 0 amide bonds. The Hall–Kier alpha value is -1.60. The second kappa shape index (κ2) is 6.66. The van der Waals surface area contributed by atoms with Crippen molar-refractivity contribution in [2.24, 2.45) is 0 Å². The monoisotopic (exact) mass is 330 g/mol. The van der Waals surface area contributed by atoms with E-state index in [0.29, 0.717) is 25.2 Å². The lowest BCUT2D eigenvalue weighted by atomic mass is 10.1. The van der Waals surface area contributed by atoms with Gasteiger partial charge in [0.05, 0.1) is 5.56 Å². The van der Waals surface area contributed by atoms with Crippen LogP contribution in [0.3, 0.4) is 0 Å². The normalized spacial score (nSPS) is 12.1. The average Bonchev–Trinajstić information content (AvgIpc) is 2.75. The Morgan fingerprint density at radius 1 is 1.32 bits per heavy atom. The maximum Gasteiger partial charge on any atom is 0.416 e. The molecule has 2 aromatic rings. The smallest absolute Gasteiger partial charge is 0.302 e. The minimum atomic E-state index is -4.32. The first-order valence-corrected chi connectivity index (χ1v) is 7.65. The highest BCUT2D eigenvalue weighted by molar-refractivity contribution is 7.07. The van der Waals surface area contributed by atoms with E-state index >= 15 is 0 Å². The SMILES string of the molecule is Cc1csc(=O)n1CCN(C)Cc1cccc(C(F)(F)F)c1. The van der Waals surface area contributed by atoms with E-state index < -0.39 is 11.7 Å². The summed E-state index contributed by atoms with van der Waals surface area (Å²) in [6.45, 7) is 3.39. The number of likely N-dealkylation sites (N-methyl/N-ethyl adjacent to an activating group) is 1. The van der Waals surface area contributed by atoms with Crippen LogP contribution in [0.2, 0.25) is 0 Å². The van der Waals surface area contributed by atoms with Crippen molar-refractivity contribution in [3.8, 4) is 0 Å². The molecule has 0 aliphatic rings. The molecule has 0 fully saturated rings. The van der Waals surface area contributed by atoms with Gasteiger partial charge in [-0.25, -0.2) is 0 Å². The summed E-state index contributed by atoms with van der Waals surface area (Å²) in [6.07, 6.45) is -4.32. The van der Waals surface area contributed by atoms with Gasteiger partial charge >= 0.3 is 11.0 Å². The predicted octanol–water partition coefficient (Wildman–Crippen LogP) is 3.37. The molecule has 0 unspecified atom stereocenters. The molecule has 22 heavy (non-hydrogen) atoms. The van der Waals surface area contributed by atoms with Gasteiger partial charge in [-0.15, -0.1) is 0 Å². The third kappa shape index (κ3) is 4.20. The molecule has 1 aromatic carbocycles. The van der Waals surface area contributed by atoms with Gasteiger partial charge in [0.1, 0.15) is 0 Å². The van der Waals surface area contributed by atoms with Crippen molar-refractivity contribution in [3.05, 3.63) is 56.1 Å². The van der Waals surface area contributed by atoms with Gasteiger partial charge in [0, 0.05) is 30.7 Å². The molecular weight excluding hydrogens is 313 g/mol. The maximum atomic E-state index is 12.7. The van der Waals surface area contributed by atoms with Crippen molar-refractivity contribution in [3.63, 3.8) is 0 Å². The predicted molar refractivity (Wildman–Crippen MR) is 81.1 cm³/mol. The number of thiazole rings is 1. The van der Waals surface area contributed by atoms with Gasteiger partial charge in [-0.2, -0.15) is 13.2 Å². The summed E-state index contributed by atoms with van der Waals surface area (Å²) >= 11 is 1.16. The molecule has 0 spiro atoms. The van der Waals surface area contributed by atoms with Gasteiger partial charge in [0.25, 0.3) is 0 Å². The van der Waals surface area contributed by atoms with Crippen molar-refractivity contribution in [2.45, 2.75) is 26.2 Å². The molecule has 1 aromatic heterocycles. The lowest BCUT2D eigenvalue weighted by molar-refractivity contribution is -0.137. The van der Waals surface area contributed by atoms with Crippen molar-refractivity contribution in [1.82, 2.24) is 9.47 Å². The Balaban J connectivity index is 1.98. The molecule has 0 aliphatic carbocycles. The summed E-state index contributed by atoms with van der Waals surface area (Å²) in [6, 6.07) is 5.32. The van der Waals surface area contributed by atoms with Crippen LogP contribution in [0, 0.1) is 6.92 Å². The highest BCUT2D eigenvalue weighted by atomic mass is 32.1. The minimum Gasteiger partial charge on any atom is -0.302 e. The zero-order valence-electron chi connectivity index (χ0n) is 12.4. The van der Waals surface area contributed by atoms with Gasteiger partial charge in [-0.1, -0.05) is 29.5 Å². The number of benzene rings is 1. The van der Waals surface area contributed by atoms with Crippen LogP contribution in [-0.4, -0.2) is 23.1 Å². The fourth-order valence-corrected chi connectivity index (χ4v) is 2.94. The van der Waals surface area contributed by atoms with Crippen molar-refractivity contribution in [1.29, 1.82) is 0 Å². The molecule has 0 bridgehead atoms. The van der Waals surface area contributed by atoms with Crippen LogP contribution < -0.4 is 4.87 Å². The first-order chi connectivity index (χ1) is 10.3. The third-order valence-electron chi connectivity index (χ3n) is 3.39. The number of rotatable bonds is 5. The lowest BCUT2D eigenvalue weighted by Gasteiger charge is -2.18. The van der Waals surface area contributed by atoms with Crippen LogP contribution in [0.15, 0.2) is 34.4 Å². The Labute approximate surface area is 130 Å². The van der Waals surface area contributed by atoms with Crippen molar-refractivity contribution in [2.75, 3.05) is 13.6 Å². The number of halogens is 3. The molecular formula is C15H17F3N2OS. The summed E-state index contributed by atoms with van der Waals surface area (Å²) in [7, 11) is 1.83. The van der Waals surface area contributed by atoms with E-state index in [-0.39, 0.29) is 4.87 Å². The van der Waals surface area contributed by atoms with E-state index in [2.05, 4.69) is 0 Å². The largest absolute Gasteiger partial charge is 0.416 e.